The summed E-state index contributed by atoms with van der Waals surface area (Å²) in [6.07, 6.45) is 3.39. The molecule has 26 heavy (non-hydrogen) atoms. The van der Waals surface area contributed by atoms with Crippen LogP contribution in [0.3, 0.4) is 0 Å². The highest BCUT2D eigenvalue weighted by atomic mass is 32.1. The quantitative estimate of drug-likeness (QED) is 0.782. The van der Waals surface area contributed by atoms with Gasteiger partial charge in [-0.2, -0.15) is 0 Å². The van der Waals surface area contributed by atoms with Crippen LogP contribution < -0.4 is 10.1 Å². The Bertz CT molecular complexity index is 751. The molecule has 0 bridgehead atoms. The second-order valence-electron chi connectivity index (χ2n) is 6.41. The normalized spacial score (nSPS) is 13.5. The van der Waals surface area contributed by atoms with Crippen molar-refractivity contribution in [2.24, 2.45) is 0 Å². The maximum absolute atomic E-state index is 12.0. The predicted octanol–water partition coefficient (Wildman–Crippen LogP) is 4.04. The molecule has 1 heterocycles. The van der Waals surface area contributed by atoms with Crippen LogP contribution in [0.2, 0.25) is 0 Å². The number of carbonyl (C=O) groups is 1. The molecule has 0 spiro atoms. The van der Waals surface area contributed by atoms with Crippen molar-refractivity contribution in [1.29, 1.82) is 0 Å². The molecule has 0 saturated carbocycles. The van der Waals surface area contributed by atoms with E-state index in [4.69, 9.17) is 17.0 Å². The van der Waals surface area contributed by atoms with Crippen molar-refractivity contribution in [2.45, 2.75) is 26.2 Å². The first-order valence-electron chi connectivity index (χ1n) is 9.06. The highest BCUT2D eigenvalue weighted by Crippen LogP contribution is 2.17. The molecule has 136 valence electrons. The molecule has 2 aromatic rings. The molecule has 0 aliphatic carbocycles. The molecule has 0 aromatic heterocycles. The Morgan fingerprint density at radius 3 is 2.35 bits per heavy atom. The van der Waals surface area contributed by atoms with Crippen molar-refractivity contribution in [1.82, 2.24) is 4.90 Å². The average Bonchev–Trinajstić information content (AvgIpc) is 3.21. The Morgan fingerprint density at radius 2 is 1.73 bits per heavy atom. The van der Waals surface area contributed by atoms with Crippen LogP contribution in [-0.4, -0.2) is 35.5 Å². The summed E-state index contributed by atoms with van der Waals surface area (Å²) in [5.41, 5.74) is 3.04. The fraction of sp³-hybridized carbons (Fsp3) is 0.333. The zero-order valence-corrected chi connectivity index (χ0v) is 15.8. The number of likely N-dealkylation sites (tertiary alicyclic amines) is 1. The number of ether oxygens (including phenoxy) is 1. The number of anilines is 1. The number of hydrogen-bond acceptors (Lipinski definition) is 3. The largest absolute Gasteiger partial charge is 0.484 e. The van der Waals surface area contributed by atoms with Gasteiger partial charge in [0, 0.05) is 24.3 Å². The Balaban J connectivity index is 1.49. The molecule has 1 fully saturated rings. The van der Waals surface area contributed by atoms with Gasteiger partial charge in [0.25, 0.3) is 5.91 Å². The Morgan fingerprint density at radius 1 is 1.08 bits per heavy atom. The van der Waals surface area contributed by atoms with Crippen molar-refractivity contribution >= 4 is 28.8 Å². The molecule has 0 unspecified atom stereocenters. The third-order valence-corrected chi connectivity index (χ3v) is 5.00. The van der Waals surface area contributed by atoms with Crippen LogP contribution >= 0.6 is 12.2 Å². The monoisotopic (exact) mass is 368 g/mol. The smallest absolute Gasteiger partial charge is 0.262 e. The van der Waals surface area contributed by atoms with Gasteiger partial charge in [0.15, 0.2) is 6.61 Å². The van der Waals surface area contributed by atoms with Gasteiger partial charge in [0.2, 0.25) is 0 Å². The summed E-state index contributed by atoms with van der Waals surface area (Å²) in [4.78, 5) is 15.2. The van der Waals surface area contributed by atoms with Gasteiger partial charge >= 0.3 is 0 Å². The topological polar surface area (TPSA) is 41.6 Å². The van der Waals surface area contributed by atoms with E-state index in [0.717, 1.165) is 35.7 Å². The maximum atomic E-state index is 12.0. The summed E-state index contributed by atoms with van der Waals surface area (Å²) < 4.78 is 5.58. The number of nitrogens with zero attached hydrogens (tertiary/aromatic N) is 1. The number of benzene rings is 2. The fourth-order valence-electron chi connectivity index (χ4n) is 2.97. The first kappa shape index (κ1) is 18.4. The van der Waals surface area contributed by atoms with E-state index in [1.165, 1.54) is 18.4 Å². The summed E-state index contributed by atoms with van der Waals surface area (Å²) >= 11 is 5.54. The van der Waals surface area contributed by atoms with Gasteiger partial charge in [0.05, 0.1) is 0 Å². The van der Waals surface area contributed by atoms with E-state index in [9.17, 15) is 4.79 Å². The molecular weight excluding hydrogens is 344 g/mol. The van der Waals surface area contributed by atoms with E-state index in [1.54, 1.807) is 0 Å². The van der Waals surface area contributed by atoms with E-state index in [1.807, 2.05) is 48.5 Å². The van der Waals surface area contributed by atoms with Crippen molar-refractivity contribution in [3.63, 3.8) is 0 Å². The molecule has 1 aliphatic heterocycles. The lowest BCUT2D eigenvalue weighted by Crippen LogP contribution is -2.26. The predicted molar refractivity (Wildman–Crippen MR) is 109 cm³/mol. The lowest BCUT2D eigenvalue weighted by Gasteiger charge is -2.18. The number of nitrogens with one attached hydrogen (secondary N) is 1. The van der Waals surface area contributed by atoms with Crippen LogP contribution in [-0.2, 0) is 11.2 Å². The minimum absolute atomic E-state index is 0.0224. The number of aryl methyl sites for hydroxylation is 1. The van der Waals surface area contributed by atoms with Crippen LogP contribution in [0.1, 0.15) is 30.9 Å². The second-order valence-corrected chi connectivity index (χ2v) is 6.80. The second kappa shape index (κ2) is 8.81. The lowest BCUT2D eigenvalue weighted by atomic mass is 10.1. The van der Waals surface area contributed by atoms with Crippen molar-refractivity contribution < 1.29 is 9.53 Å². The van der Waals surface area contributed by atoms with Crippen LogP contribution in [0.5, 0.6) is 5.75 Å². The van der Waals surface area contributed by atoms with Gasteiger partial charge in [-0.3, -0.25) is 4.79 Å². The zero-order valence-electron chi connectivity index (χ0n) is 15.0. The van der Waals surface area contributed by atoms with Gasteiger partial charge in [-0.15, -0.1) is 0 Å². The minimum Gasteiger partial charge on any atom is -0.484 e. The van der Waals surface area contributed by atoms with Gasteiger partial charge in [0.1, 0.15) is 10.7 Å². The molecule has 0 atom stereocenters. The lowest BCUT2D eigenvalue weighted by molar-refractivity contribution is -0.118. The summed E-state index contributed by atoms with van der Waals surface area (Å²) in [6.45, 7) is 4.16. The molecular formula is C21H24N2O2S. The molecule has 1 aliphatic rings. The van der Waals surface area contributed by atoms with Gasteiger partial charge in [-0.1, -0.05) is 31.3 Å². The van der Waals surface area contributed by atoms with E-state index in [0.29, 0.717) is 5.75 Å². The Kier molecular flexibility index (Phi) is 6.23. The first-order chi connectivity index (χ1) is 12.7. The molecule has 1 N–H and O–H groups in total. The summed E-state index contributed by atoms with van der Waals surface area (Å²) in [5.74, 6) is 0.486. The van der Waals surface area contributed by atoms with Crippen molar-refractivity contribution in [3.05, 3.63) is 59.7 Å². The molecule has 4 nitrogen and oxygen atoms in total. The highest BCUT2D eigenvalue weighted by Gasteiger charge is 2.16. The van der Waals surface area contributed by atoms with Crippen molar-refractivity contribution in [2.75, 3.05) is 25.0 Å². The summed E-state index contributed by atoms with van der Waals surface area (Å²) in [7, 11) is 0. The number of amides is 1. The van der Waals surface area contributed by atoms with E-state index >= 15 is 0 Å². The zero-order chi connectivity index (χ0) is 18.4. The molecule has 2 aromatic carbocycles. The highest BCUT2D eigenvalue weighted by molar-refractivity contribution is 7.80. The number of thiocarbonyl (C=S) groups is 1. The molecule has 1 saturated heterocycles. The van der Waals surface area contributed by atoms with Gasteiger partial charge in [-0.05, 0) is 61.2 Å². The van der Waals surface area contributed by atoms with Crippen LogP contribution in [0.15, 0.2) is 48.5 Å². The van der Waals surface area contributed by atoms with Gasteiger partial charge < -0.3 is 15.0 Å². The third kappa shape index (κ3) is 4.82. The van der Waals surface area contributed by atoms with Crippen LogP contribution in [0, 0.1) is 0 Å². The van der Waals surface area contributed by atoms with Crippen LogP contribution in [0.25, 0.3) is 0 Å². The maximum Gasteiger partial charge on any atom is 0.262 e. The minimum atomic E-state index is -0.175. The van der Waals surface area contributed by atoms with Gasteiger partial charge in [-0.25, -0.2) is 0 Å². The van der Waals surface area contributed by atoms with Crippen molar-refractivity contribution in [3.8, 4) is 5.75 Å². The molecule has 1 amide bonds. The molecule has 0 radical (unpaired) electrons. The standard InChI is InChI=1S/C21H24N2O2S/c1-2-16-5-9-18(10-6-16)22-20(24)15-25-19-11-7-17(8-12-19)21(26)23-13-3-4-14-23/h5-12H,2-4,13-15H2,1H3,(H,22,24). The van der Waals surface area contributed by atoms with E-state index in [-0.39, 0.29) is 12.5 Å². The average molecular weight is 369 g/mol. The summed E-state index contributed by atoms with van der Waals surface area (Å²) in [6, 6.07) is 15.5. The Hall–Kier alpha value is -2.40. The Labute approximate surface area is 160 Å². The number of carbonyl (C=O) groups excluding carboxylic acids is 1. The SMILES string of the molecule is CCc1ccc(NC(=O)COc2ccc(C(=S)N3CCCC3)cc2)cc1. The molecule has 3 rings (SSSR count). The summed E-state index contributed by atoms with van der Waals surface area (Å²) in [5, 5.41) is 2.84. The third-order valence-electron chi connectivity index (χ3n) is 4.51. The van der Waals surface area contributed by atoms with Crippen LogP contribution in [0.4, 0.5) is 5.69 Å². The number of rotatable bonds is 6. The fourth-order valence-corrected chi connectivity index (χ4v) is 3.28. The molecule has 5 heteroatoms. The van der Waals surface area contributed by atoms with E-state index < -0.39 is 0 Å². The number of hydrogen-bond donors (Lipinski definition) is 1. The first-order valence-corrected chi connectivity index (χ1v) is 9.47. The van der Waals surface area contributed by atoms with E-state index in [2.05, 4.69) is 17.1 Å².